The summed E-state index contributed by atoms with van der Waals surface area (Å²) in [6.07, 6.45) is 2.03. The van der Waals surface area contributed by atoms with E-state index in [0.717, 1.165) is 19.4 Å². The molecule has 0 aromatic rings. The molecule has 1 amide bonds. The first-order chi connectivity index (χ1) is 8.40. The fourth-order valence-electron chi connectivity index (χ4n) is 2.35. The number of carbonyl (C=O) groups is 2. The highest BCUT2D eigenvalue weighted by atomic mass is 16.4. The van der Waals surface area contributed by atoms with Gasteiger partial charge in [-0.1, -0.05) is 13.8 Å². The second kappa shape index (κ2) is 6.73. The van der Waals surface area contributed by atoms with E-state index >= 15 is 0 Å². The first-order valence-electron chi connectivity index (χ1n) is 6.66. The zero-order valence-corrected chi connectivity index (χ0v) is 11.4. The molecule has 1 fully saturated rings. The van der Waals surface area contributed by atoms with E-state index in [0.29, 0.717) is 12.5 Å². The molecule has 1 heterocycles. The zero-order chi connectivity index (χ0) is 13.7. The number of carboxylic acids is 1. The Morgan fingerprint density at radius 1 is 1.44 bits per heavy atom. The maximum atomic E-state index is 12.0. The molecule has 18 heavy (non-hydrogen) atoms. The van der Waals surface area contributed by atoms with E-state index in [9.17, 15) is 9.59 Å². The number of amides is 1. The summed E-state index contributed by atoms with van der Waals surface area (Å²) >= 11 is 0. The van der Waals surface area contributed by atoms with Gasteiger partial charge in [0.15, 0.2) is 0 Å². The van der Waals surface area contributed by atoms with Gasteiger partial charge in [0, 0.05) is 12.0 Å². The van der Waals surface area contributed by atoms with Gasteiger partial charge >= 0.3 is 5.97 Å². The van der Waals surface area contributed by atoms with E-state index < -0.39 is 12.0 Å². The van der Waals surface area contributed by atoms with Crippen LogP contribution in [-0.2, 0) is 9.59 Å². The van der Waals surface area contributed by atoms with Crippen LogP contribution >= 0.6 is 0 Å². The van der Waals surface area contributed by atoms with Crippen LogP contribution in [0.2, 0.25) is 0 Å². The molecule has 0 spiro atoms. The number of rotatable bonds is 5. The van der Waals surface area contributed by atoms with Crippen LogP contribution in [0.25, 0.3) is 0 Å². The molecule has 0 saturated carbocycles. The highest BCUT2D eigenvalue weighted by Gasteiger charge is 2.28. The van der Waals surface area contributed by atoms with Gasteiger partial charge in [-0.05, 0) is 38.6 Å². The molecule has 5 nitrogen and oxygen atoms in total. The predicted octanol–water partition coefficient (Wildman–Crippen LogP) is 0.990. The summed E-state index contributed by atoms with van der Waals surface area (Å²) in [6, 6.07) is -0.439. The fraction of sp³-hybridized carbons (Fsp3) is 0.846. The van der Waals surface area contributed by atoms with Gasteiger partial charge in [-0.25, -0.2) is 4.79 Å². The quantitative estimate of drug-likeness (QED) is 0.685. The van der Waals surface area contributed by atoms with E-state index in [4.69, 9.17) is 5.11 Å². The van der Waals surface area contributed by atoms with Gasteiger partial charge in [0.2, 0.25) is 5.91 Å². The molecule has 0 radical (unpaired) electrons. The fourth-order valence-corrected chi connectivity index (χ4v) is 2.35. The van der Waals surface area contributed by atoms with Gasteiger partial charge < -0.3 is 15.7 Å². The third kappa shape index (κ3) is 4.64. The van der Waals surface area contributed by atoms with Crippen LogP contribution in [0.4, 0.5) is 0 Å². The summed E-state index contributed by atoms with van der Waals surface area (Å²) in [5, 5.41) is 15.0. The minimum absolute atomic E-state index is 0.0599. The molecule has 1 saturated heterocycles. The number of hydrogen-bond donors (Lipinski definition) is 3. The maximum absolute atomic E-state index is 12.0. The van der Waals surface area contributed by atoms with Crippen molar-refractivity contribution in [1.29, 1.82) is 0 Å². The Bertz CT molecular complexity index is 305. The lowest BCUT2D eigenvalue weighted by Crippen LogP contribution is -2.48. The van der Waals surface area contributed by atoms with Crippen LogP contribution in [0.15, 0.2) is 0 Å². The Labute approximate surface area is 108 Å². The number of carbonyl (C=O) groups excluding carboxylic acids is 1. The lowest BCUT2D eigenvalue weighted by Gasteiger charge is -2.28. The molecular formula is C13H24N2O3. The van der Waals surface area contributed by atoms with E-state index in [-0.39, 0.29) is 17.7 Å². The highest BCUT2D eigenvalue weighted by molar-refractivity contribution is 5.85. The molecule has 3 atom stereocenters. The van der Waals surface area contributed by atoms with Crippen molar-refractivity contribution in [2.24, 2.45) is 11.8 Å². The summed E-state index contributed by atoms with van der Waals surface area (Å²) in [5.41, 5.74) is 0. The van der Waals surface area contributed by atoms with E-state index in [1.165, 1.54) is 0 Å². The summed E-state index contributed by atoms with van der Waals surface area (Å²) in [6.45, 7) is 6.77. The molecule has 0 bridgehead atoms. The van der Waals surface area contributed by atoms with Crippen LogP contribution in [0, 0.1) is 11.8 Å². The molecular weight excluding hydrogens is 232 g/mol. The second-order valence-corrected chi connectivity index (χ2v) is 5.61. The SMILES string of the molecule is CC(C)C[C@@H](NC(=O)C1CCNC(C)C1)C(=O)O. The molecule has 1 aliphatic rings. The van der Waals surface area contributed by atoms with Crippen LogP contribution in [0.5, 0.6) is 0 Å². The van der Waals surface area contributed by atoms with Gasteiger partial charge in [0.05, 0.1) is 0 Å². The van der Waals surface area contributed by atoms with Crippen molar-refractivity contribution in [3.63, 3.8) is 0 Å². The normalized spacial score (nSPS) is 25.8. The first kappa shape index (κ1) is 15.0. The summed E-state index contributed by atoms with van der Waals surface area (Å²) in [7, 11) is 0. The third-order valence-electron chi connectivity index (χ3n) is 3.32. The Kier molecular flexibility index (Phi) is 5.59. The predicted molar refractivity (Wildman–Crippen MR) is 69.2 cm³/mol. The first-order valence-corrected chi connectivity index (χ1v) is 6.66. The molecule has 0 aromatic heterocycles. The average Bonchev–Trinajstić information content (AvgIpc) is 2.27. The molecule has 0 aliphatic carbocycles. The molecule has 104 valence electrons. The number of carboxylic acid groups (broad SMARTS) is 1. The standard InChI is InChI=1S/C13H24N2O3/c1-8(2)6-11(13(17)18)15-12(16)10-4-5-14-9(3)7-10/h8-11,14H,4-7H2,1-3H3,(H,15,16)(H,17,18)/t9?,10?,11-/m1/s1. The van der Waals surface area contributed by atoms with Gasteiger partial charge in [-0.2, -0.15) is 0 Å². The minimum Gasteiger partial charge on any atom is -0.480 e. The number of hydrogen-bond acceptors (Lipinski definition) is 3. The van der Waals surface area contributed by atoms with E-state index in [1.54, 1.807) is 0 Å². The van der Waals surface area contributed by atoms with Crippen molar-refractivity contribution in [2.45, 2.75) is 52.1 Å². The topological polar surface area (TPSA) is 78.4 Å². The van der Waals surface area contributed by atoms with Crippen molar-refractivity contribution in [3.05, 3.63) is 0 Å². The molecule has 5 heteroatoms. The van der Waals surface area contributed by atoms with Crippen molar-refractivity contribution in [1.82, 2.24) is 10.6 Å². The molecule has 1 aliphatic heterocycles. The molecule has 1 rings (SSSR count). The lowest BCUT2D eigenvalue weighted by atomic mass is 9.92. The summed E-state index contributed by atoms with van der Waals surface area (Å²) in [5.74, 6) is -0.871. The molecule has 3 N–H and O–H groups in total. The van der Waals surface area contributed by atoms with Gasteiger partial charge in [0.1, 0.15) is 6.04 Å². The summed E-state index contributed by atoms with van der Waals surface area (Å²) in [4.78, 5) is 23.1. The van der Waals surface area contributed by atoms with Crippen LogP contribution in [0.3, 0.4) is 0 Å². The van der Waals surface area contributed by atoms with Gasteiger partial charge in [-0.15, -0.1) is 0 Å². The second-order valence-electron chi connectivity index (χ2n) is 5.61. The number of nitrogens with one attached hydrogen (secondary N) is 2. The van der Waals surface area contributed by atoms with Crippen molar-refractivity contribution in [3.8, 4) is 0 Å². The Hall–Kier alpha value is -1.10. The van der Waals surface area contributed by atoms with Crippen LogP contribution in [-0.4, -0.2) is 35.6 Å². The van der Waals surface area contributed by atoms with Crippen LogP contribution in [0.1, 0.15) is 40.0 Å². The molecule has 2 unspecified atom stereocenters. The Balaban J connectivity index is 2.52. The monoisotopic (exact) mass is 256 g/mol. The maximum Gasteiger partial charge on any atom is 0.326 e. The van der Waals surface area contributed by atoms with Crippen molar-refractivity contribution >= 4 is 11.9 Å². The van der Waals surface area contributed by atoms with E-state index in [2.05, 4.69) is 10.6 Å². The zero-order valence-electron chi connectivity index (χ0n) is 11.4. The third-order valence-corrected chi connectivity index (χ3v) is 3.32. The minimum atomic E-state index is -0.945. The largest absolute Gasteiger partial charge is 0.480 e. The van der Waals surface area contributed by atoms with Gasteiger partial charge in [0.25, 0.3) is 0 Å². The summed E-state index contributed by atoms with van der Waals surface area (Å²) < 4.78 is 0. The smallest absolute Gasteiger partial charge is 0.326 e. The van der Waals surface area contributed by atoms with E-state index in [1.807, 2.05) is 20.8 Å². The lowest BCUT2D eigenvalue weighted by molar-refractivity contribution is -0.143. The average molecular weight is 256 g/mol. The van der Waals surface area contributed by atoms with Crippen LogP contribution < -0.4 is 10.6 Å². The molecule has 0 aromatic carbocycles. The number of aliphatic carboxylic acids is 1. The Morgan fingerprint density at radius 2 is 2.11 bits per heavy atom. The number of piperidine rings is 1. The van der Waals surface area contributed by atoms with Crippen molar-refractivity contribution < 1.29 is 14.7 Å². The van der Waals surface area contributed by atoms with Crippen molar-refractivity contribution in [2.75, 3.05) is 6.54 Å². The Morgan fingerprint density at radius 3 is 2.61 bits per heavy atom. The highest BCUT2D eigenvalue weighted by Crippen LogP contribution is 2.17. The van der Waals surface area contributed by atoms with Gasteiger partial charge in [-0.3, -0.25) is 4.79 Å².